The Morgan fingerprint density at radius 2 is 1.68 bits per heavy atom. The Morgan fingerprint density at radius 3 is 2.32 bits per heavy atom. The summed E-state index contributed by atoms with van der Waals surface area (Å²) in [6, 6.07) is 16.0. The second-order valence-electron chi connectivity index (χ2n) is 8.67. The highest BCUT2D eigenvalue weighted by molar-refractivity contribution is 7.71. The van der Waals surface area contributed by atoms with Crippen LogP contribution in [0, 0.1) is 11.7 Å². The topological polar surface area (TPSA) is 58.3 Å². The van der Waals surface area contributed by atoms with E-state index in [-0.39, 0.29) is 5.91 Å². The monoisotopic (exact) mass is 498 g/mol. The van der Waals surface area contributed by atoms with E-state index in [4.69, 9.17) is 28.9 Å². The molecular weight excluding hydrogens is 468 g/mol. The van der Waals surface area contributed by atoms with Gasteiger partial charge in [0.25, 0.3) is 0 Å². The maximum atomic E-state index is 12.0. The molecule has 0 unspecified atom stereocenters. The average Bonchev–Trinajstić information content (AvgIpc) is 3.15. The Hall–Kier alpha value is -2.52. The summed E-state index contributed by atoms with van der Waals surface area (Å²) in [5.74, 6) is 0.888. The summed E-state index contributed by atoms with van der Waals surface area (Å²) >= 11 is 12.0. The summed E-state index contributed by atoms with van der Waals surface area (Å²) in [6.07, 6.45) is 0.952. The van der Waals surface area contributed by atoms with Crippen molar-refractivity contribution in [1.29, 1.82) is 0 Å². The van der Waals surface area contributed by atoms with Gasteiger partial charge in [-0.2, -0.15) is 0 Å². The Labute approximate surface area is 210 Å². The molecule has 1 amide bonds. The second kappa shape index (κ2) is 11.3. The Kier molecular flexibility index (Phi) is 8.15. The van der Waals surface area contributed by atoms with Crippen LogP contribution < -0.4 is 5.32 Å². The van der Waals surface area contributed by atoms with Gasteiger partial charge >= 0.3 is 0 Å². The van der Waals surface area contributed by atoms with Crippen molar-refractivity contribution in [2.24, 2.45) is 0 Å². The lowest BCUT2D eigenvalue weighted by atomic mass is 10.2. The van der Waals surface area contributed by atoms with Crippen molar-refractivity contribution in [3.05, 3.63) is 63.9 Å². The fourth-order valence-electron chi connectivity index (χ4n) is 4.01. The van der Waals surface area contributed by atoms with Crippen LogP contribution in [0.1, 0.15) is 18.9 Å². The highest BCUT2D eigenvalue weighted by Crippen LogP contribution is 2.25. The molecule has 0 spiro atoms. The number of hydrogen-bond donors (Lipinski definition) is 1. The van der Waals surface area contributed by atoms with Crippen molar-refractivity contribution >= 4 is 29.7 Å². The molecule has 1 aliphatic rings. The molecule has 3 aromatic rings. The van der Waals surface area contributed by atoms with Crippen LogP contribution >= 0.6 is 23.8 Å². The normalized spacial score (nSPS) is 14.9. The number of amides is 1. The SMILES string of the molecule is CCCNC(=O)CN1CCN(Cn2nc(-c3ccc(Cl)cc3)n(-c3ccc(C)cc3)c2=S)CC1. The van der Waals surface area contributed by atoms with Gasteiger partial charge in [0.15, 0.2) is 5.82 Å². The molecule has 4 rings (SSSR count). The molecule has 7 nitrogen and oxygen atoms in total. The molecule has 2 heterocycles. The lowest BCUT2D eigenvalue weighted by Gasteiger charge is -2.33. The van der Waals surface area contributed by atoms with Crippen molar-refractivity contribution in [2.45, 2.75) is 26.9 Å². The maximum Gasteiger partial charge on any atom is 0.234 e. The van der Waals surface area contributed by atoms with Gasteiger partial charge in [0.2, 0.25) is 10.7 Å². The molecule has 9 heteroatoms. The van der Waals surface area contributed by atoms with Crippen molar-refractivity contribution in [3.8, 4) is 17.1 Å². The molecule has 0 bridgehead atoms. The van der Waals surface area contributed by atoms with Crippen LogP contribution in [-0.2, 0) is 11.5 Å². The summed E-state index contributed by atoms with van der Waals surface area (Å²) in [5.41, 5.74) is 3.13. The number of carbonyl (C=O) groups excluding carboxylic acids is 1. The minimum absolute atomic E-state index is 0.0990. The van der Waals surface area contributed by atoms with E-state index in [0.29, 0.717) is 23.0 Å². The van der Waals surface area contributed by atoms with Gasteiger partial charge in [-0.3, -0.25) is 19.2 Å². The predicted octanol–water partition coefficient (Wildman–Crippen LogP) is 4.13. The van der Waals surface area contributed by atoms with E-state index in [9.17, 15) is 4.79 Å². The van der Waals surface area contributed by atoms with E-state index >= 15 is 0 Å². The first-order valence-electron chi connectivity index (χ1n) is 11.7. The number of benzene rings is 2. The lowest BCUT2D eigenvalue weighted by Crippen LogP contribution is -2.49. The predicted molar refractivity (Wildman–Crippen MR) is 139 cm³/mol. The summed E-state index contributed by atoms with van der Waals surface area (Å²) in [6.45, 7) is 9.32. The zero-order valence-electron chi connectivity index (χ0n) is 19.7. The van der Waals surface area contributed by atoms with Gasteiger partial charge in [-0.25, -0.2) is 4.68 Å². The van der Waals surface area contributed by atoms with E-state index in [1.54, 1.807) is 0 Å². The molecule has 1 saturated heterocycles. The summed E-state index contributed by atoms with van der Waals surface area (Å²) in [4.78, 5) is 16.6. The molecule has 180 valence electrons. The molecule has 0 atom stereocenters. The van der Waals surface area contributed by atoms with E-state index in [2.05, 4.69) is 53.2 Å². The number of carbonyl (C=O) groups is 1. The molecule has 1 aromatic heterocycles. The number of nitrogens with one attached hydrogen (secondary N) is 1. The van der Waals surface area contributed by atoms with Crippen molar-refractivity contribution < 1.29 is 4.79 Å². The lowest BCUT2D eigenvalue weighted by molar-refractivity contribution is -0.122. The van der Waals surface area contributed by atoms with Crippen LogP contribution in [0.25, 0.3) is 17.1 Å². The molecule has 34 heavy (non-hydrogen) atoms. The van der Waals surface area contributed by atoms with Gasteiger partial charge in [0, 0.05) is 49.0 Å². The fraction of sp³-hybridized carbons (Fsp3) is 0.400. The summed E-state index contributed by atoms with van der Waals surface area (Å²) < 4.78 is 4.56. The van der Waals surface area contributed by atoms with Crippen molar-refractivity contribution in [2.75, 3.05) is 39.3 Å². The van der Waals surface area contributed by atoms with Gasteiger partial charge in [-0.05, 0) is 62.0 Å². The first-order chi connectivity index (χ1) is 16.4. The van der Waals surface area contributed by atoms with Crippen LogP contribution in [-0.4, -0.2) is 69.3 Å². The van der Waals surface area contributed by atoms with Crippen molar-refractivity contribution in [1.82, 2.24) is 29.5 Å². The third-order valence-electron chi connectivity index (χ3n) is 5.97. The number of halogens is 1. The average molecular weight is 499 g/mol. The zero-order valence-corrected chi connectivity index (χ0v) is 21.3. The van der Waals surface area contributed by atoms with Crippen LogP contribution in [0.3, 0.4) is 0 Å². The second-order valence-corrected chi connectivity index (χ2v) is 9.47. The smallest absolute Gasteiger partial charge is 0.234 e. The van der Waals surface area contributed by atoms with E-state index in [1.165, 1.54) is 5.56 Å². The van der Waals surface area contributed by atoms with Crippen LogP contribution in [0.5, 0.6) is 0 Å². The van der Waals surface area contributed by atoms with Crippen molar-refractivity contribution in [3.63, 3.8) is 0 Å². The quantitative estimate of drug-likeness (QED) is 0.473. The van der Waals surface area contributed by atoms with Gasteiger partial charge in [-0.1, -0.05) is 36.2 Å². The molecule has 1 N–H and O–H groups in total. The van der Waals surface area contributed by atoms with E-state index in [0.717, 1.165) is 56.2 Å². The first kappa shape index (κ1) is 24.6. The first-order valence-corrected chi connectivity index (χ1v) is 12.5. The Morgan fingerprint density at radius 1 is 1.03 bits per heavy atom. The minimum atomic E-state index is 0.0990. The van der Waals surface area contributed by atoms with E-state index < -0.39 is 0 Å². The molecule has 1 fully saturated rings. The van der Waals surface area contributed by atoms with Gasteiger partial charge in [-0.15, -0.1) is 5.10 Å². The van der Waals surface area contributed by atoms with Crippen LogP contribution in [0.4, 0.5) is 0 Å². The number of piperazine rings is 1. The summed E-state index contributed by atoms with van der Waals surface area (Å²) in [5, 5.41) is 8.55. The van der Waals surface area contributed by atoms with Crippen LogP contribution in [0.2, 0.25) is 5.02 Å². The Bertz CT molecular complexity index is 1160. The standard InChI is InChI=1S/C25H31ClN6OS/c1-3-12-27-23(33)17-29-13-15-30(16-14-29)18-31-25(34)32(22-10-4-19(2)5-11-22)24(28-31)20-6-8-21(26)9-7-20/h4-11H,3,12-18H2,1-2H3,(H,27,33). The number of hydrogen-bond acceptors (Lipinski definition) is 5. The molecule has 0 radical (unpaired) electrons. The molecule has 2 aromatic carbocycles. The largest absolute Gasteiger partial charge is 0.355 e. The molecule has 1 aliphatic heterocycles. The molecule has 0 aliphatic carbocycles. The number of aromatic nitrogens is 3. The minimum Gasteiger partial charge on any atom is -0.355 e. The van der Waals surface area contributed by atoms with E-state index in [1.807, 2.05) is 33.5 Å². The highest BCUT2D eigenvalue weighted by Gasteiger charge is 2.21. The summed E-state index contributed by atoms with van der Waals surface area (Å²) in [7, 11) is 0. The highest BCUT2D eigenvalue weighted by atomic mass is 35.5. The van der Waals surface area contributed by atoms with Gasteiger partial charge < -0.3 is 5.32 Å². The number of nitrogens with zero attached hydrogens (tertiary/aromatic N) is 5. The third-order valence-corrected chi connectivity index (χ3v) is 6.62. The molecule has 0 saturated carbocycles. The third kappa shape index (κ3) is 5.93. The fourth-order valence-corrected chi connectivity index (χ4v) is 4.43. The number of aryl methyl sites for hydroxylation is 1. The Balaban J connectivity index is 1.52. The maximum absolute atomic E-state index is 12.0. The number of rotatable bonds is 8. The van der Waals surface area contributed by atoms with Crippen LogP contribution in [0.15, 0.2) is 48.5 Å². The molecular formula is C25H31ClN6OS. The van der Waals surface area contributed by atoms with Gasteiger partial charge in [0.1, 0.15) is 0 Å². The van der Waals surface area contributed by atoms with Gasteiger partial charge in [0.05, 0.1) is 13.2 Å². The zero-order chi connectivity index (χ0) is 24.1.